The van der Waals surface area contributed by atoms with Crippen LogP contribution in [0.15, 0.2) is 103 Å². The van der Waals surface area contributed by atoms with E-state index < -0.39 is 47.5 Å². The lowest BCUT2D eigenvalue weighted by Gasteiger charge is -2.33. The van der Waals surface area contributed by atoms with E-state index in [1.54, 1.807) is 24.3 Å². The average Bonchev–Trinajstić information content (AvgIpc) is 3.33. The number of halogens is 4. The minimum atomic E-state index is -4.74. The Morgan fingerprint density at radius 3 is 2.35 bits per heavy atom. The van der Waals surface area contributed by atoms with Crippen LogP contribution in [0.3, 0.4) is 0 Å². The second-order valence-electron chi connectivity index (χ2n) is 10.2. The molecule has 0 bridgehead atoms. The molecule has 2 N–H and O–H groups in total. The molecule has 3 aromatic carbocycles. The van der Waals surface area contributed by atoms with Gasteiger partial charge in [-0.2, -0.15) is 13.2 Å². The number of carbonyl (C=O) groups is 3. The number of nitrogens with one attached hydrogen (secondary N) is 2. The Balaban J connectivity index is 1.52. The number of urea groups is 1. The first-order valence-corrected chi connectivity index (χ1v) is 13.5. The first kappa shape index (κ1) is 29.6. The molecule has 5 rings (SSSR count). The number of amides is 4. The average molecular weight is 593 g/mol. The first-order valence-electron chi connectivity index (χ1n) is 13.5. The van der Waals surface area contributed by atoms with Crippen molar-refractivity contribution >= 4 is 17.8 Å². The number of hydrogen-bond acceptors (Lipinski definition) is 3. The third kappa shape index (κ3) is 6.15. The molecule has 2 unspecified atom stereocenters. The molecule has 0 saturated heterocycles. The lowest BCUT2D eigenvalue weighted by Crippen LogP contribution is -2.49. The van der Waals surface area contributed by atoms with Crippen molar-refractivity contribution in [3.63, 3.8) is 0 Å². The van der Waals surface area contributed by atoms with Crippen LogP contribution in [0.1, 0.15) is 28.3 Å². The molecule has 2 aliphatic rings. The number of alkyl halides is 3. The van der Waals surface area contributed by atoms with Gasteiger partial charge in [0.1, 0.15) is 11.9 Å². The van der Waals surface area contributed by atoms with Gasteiger partial charge in [-0.3, -0.25) is 14.5 Å². The smallest absolute Gasteiger partial charge is 0.350 e. The van der Waals surface area contributed by atoms with E-state index in [1.807, 2.05) is 6.07 Å². The van der Waals surface area contributed by atoms with Gasteiger partial charge in [-0.25, -0.2) is 9.18 Å². The zero-order valence-electron chi connectivity index (χ0n) is 22.9. The summed E-state index contributed by atoms with van der Waals surface area (Å²) < 4.78 is 55.4. The molecule has 0 aliphatic carbocycles. The van der Waals surface area contributed by atoms with E-state index in [0.717, 1.165) is 11.6 Å². The number of nitrogens with zero attached hydrogens (tertiary/aromatic N) is 2. The predicted octanol–water partition coefficient (Wildman–Crippen LogP) is 5.12. The van der Waals surface area contributed by atoms with E-state index >= 15 is 0 Å². The highest BCUT2D eigenvalue weighted by molar-refractivity contribution is 6.03. The Morgan fingerprint density at radius 2 is 1.67 bits per heavy atom. The highest BCUT2D eigenvalue weighted by atomic mass is 19.4. The second kappa shape index (κ2) is 12.1. The Bertz CT molecular complexity index is 1570. The van der Waals surface area contributed by atoms with E-state index in [1.165, 1.54) is 58.3 Å². The number of carbonyl (C=O) groups excluding carboxylic acids is 3. The Labute approximate surface area is 245 Å². The summed E-state index contributed by atoms with van der Waals surface area (Å²) in [6.07, 6.45) is -3.19. The summed E-state index contributed by atoms with van der Waals surface area (Å²) in [6, 6.07) is 16.2. The Morgan fingerprint density at radius 1 is 1.00 bits per heavy atom. The van der Waals surface area contributed by atoms with Crippen LogP contribution in [0.2, 0.25) is 0 Å². The van der Waals surface area contributed by atoms with Crippen molar-refractivity contribution in [3.8, 4) is 0 Å². The van der Waals surface area contributed by atoms with Gasteiger partial charge in [0.25, 0.3) is 5.91 Å². The van der Waals surface area contributed by atoms with Gasteiger partial charge < -0.3 is 15.5 Å². The minimum Gasteiger partial charge on any atom is -0.350 e. The molecule has 2 aliphatic heterocycles. The molecule has 0 aromatic heterocycles. The zero-order valence-corrected chi connectivity index (χ0v) is 22.9. The summed E-state index contributed by atoms with van der Waals surface area (Å²) >= 11 is 0. The van der Waals surface area contributed by atoms with Crippen LogP contribution < -0.4 is 10.6 Å². The van der Waals surface area contributed by atoms with Crippen LogP contribution in [-0.2, 0) is 28.7 Å². The van der Waals surface area contributed by atoms with Crippen molar-refractivity contribution in [1.82, 2.24) is 20.4 Å². The normalized spacial score (nSPS) is 17.4. The van der Waals surface area contributed by atoms with Crippen molar-refractivity contribution in [2.75, 3.05) is 13.1 Å². The molecule has 11 heteroatoms. The van der Waals surface area contributed by atoms with E-state index in [2.05, 4.69) is 17.2 Å². The monoisotopic (exact) mass is 592 g/mol. The molecular formula is C32H28F4N4O3. The second-order valence-corrected chi connectivity index (χ2v) is 10.2. The molecule has 7 nitrogen and oxygen atoms in total. The van der Waals surface area contributed by atoms with Crippen LogP contribution >= 0.6 is 0 Å². The number of hydrogen-bond donors (Lipinski definition) is 2. The summed E-state index contributed by atoms with van der Waals surface area (Å²) in [5, 5.41) is 5.37. The van der Waals surface area contributed by atoms with Gasteiger partial charge in [0.15, 0.2) is 0 Å². The van der Waals surface area contributed by atoms with Crippen LogP contribution in [0.4, 0.5) is 22.4 Å². The lowest BCUT2D eigenvalue weighted by atomic mass is 9.91. The van der Waals surface area contributed by atoms with Gasteiger partial charge in [0.2, 0.25) is 5.91 Å². The van der Waals surface area contributed by atoms with E-state index in [4.69, 9.17) is 0 Å². The van der Waals surface area contributed by atoms with Gasteiger partial charge in [-0.15, -0.1) is 6.58 Å². The SMILES string of the molecule is C=CCN1C(=O)NC(c2ccccc2C(F)(F)F)C2=C1CN(C(Cc1ccccc1)C(=O)NCc1ccc(F)cc1)C2=O. The largest absolute Gasteiger partial charge is 0.416 e. The highest BCUT2D eigenvalue weighted by Crippen LogP contribution is 2.42. The standard InChI is InChI=1S/C32H28F4N4O3/c1-2-16-39-26-19-40(30(42)27(26)28(38-31(39)43)23-10-6-7-11-24(23)32(34,35)36)25(17-20-8-4-3-5-9-20)29(41)37-18-21-12-14-22(33)15-13-21/h2-15,25,28H,1,16-19H2,(H,37,41)(H,38,43). The molecule has 0 saturated carbocycles. The first-order chi connectivity index (χ1) is 20.6. The van der Waals surface area contributed by atoms with Crippen LogP contribution in [0.5, 0.6) is 0 Å². The van der Waals surface area contributed by atoms with E-state index in [0.29, 0.717) is 5.56 Å². The zero-order chi connectivity index (χ0) is 30.7. The third-order valence-electron chi connectivity index (χ3n) is 7.47. The van der Waals surface area contributed by atoms with Gasteiger partial charge in [0, 0.05) is 19.5 Å². The minimum absolute atomic E-state index is 0.000457. The Kier molecular flexibility index (Phi) is 8.33. The molecule has 2 atom stereocenters. The van der Waals surface area contributed by atoms with Crippen LogP contribution in [0, 0.1) is 5.82 Å². The molecule has 0 radical (unpaired) electrons. The number of rotatable bonds is 9. The summed E-state index contributed by atoms with van der Waals surface area (Å²) in [6.45, 7) is 3.54. The topological polar surface area (TPSA) is 81.8 Å². The summed E-state index contributed by atoms with van der Waals surface area (Å²) in [7, 11) is 0. The summed E-state index contributed by atoms with van der Waals surface area (Å²) in [5.41, 5.74) is 0.299. The molecule has 3 aromatic rings. The quantitative estimate of drug-likeness (QED) is 0.267. The molecule has 222 valence electrons. The molecule has 4 amide bonds. The van der Waals surface area contributed by atoms with Crippen molar-refractivity contribution in [2.45, 2.75) is 31.2 Å². The molecule has 0 spiro atoms. The van der Waals surface area contributed by atoms with Gasteiger partial charge in [-0.05, 0) is 34.9 Å². The maximum Gasteiger partial charge on any atom is 0.416 e. The van der Waals surface area contributed by atoms with E-state index in [-0.39, 0.29) is 42.9 Å². The van der Waals surface area contributed by atoms with Crippen molar-refractivity contribution in [3.05, 3.63) is 131 Å². The fourth-order valence-electron chi connectivity index (χ4n) is 5.42. The van der Waals surface area contributed by atoms with Crippen molar-refractivity contribution in [2.24, 2.45) is 0 Å². The van der Waals surface area contributed by atoms with Gasteiger partial charge in [-0.1, -0.05) is 66.7 Å². The lowest BCUT2D eigenvalue weighted by molar-refractivity contribution is -0.138. The van der Waals surface area contributed by atoms with Crippen molar-refractivity contribution in [1.29, 1.82) is 0 Å². The highest BCUT2D eigenvalue weighted by Gasteiger charge is 2.48. The molecule has 0 fully saturated rings. The van der Waals surface area contributed by atoms with Crippen LogP contribution in [-0.4, -0.2) is 46.8 Å². The third-order valence-corrected chi connectivity index (χ3v) is 7.47. The predicted molar refractivity (Wildman–Crippen MR) is 151 cm³/mol. The fraction of sp³-hybridized carbons (Fsp3) is 0.219. The Hall–Kier alpha value is -4.93. The van der Waals surface area contributed by atoms with Crippen LogP contribution in [0.25, 0.3) is 0 Å². The van der Waals surface area contributed by atoms with E-state index in [9.17, 15) is 31.9 Å². The van der Waals surface area contributed by atoms with Gasteiger partial charge in [0.05, 0.1) is 29.4 Å². The van der Waals surface area contributed by atoms with Gasteiger partial charge >= 0.3 is 12.2 Å². The molecule has 2 heterocycles. The summed E-state index contributed by atoms with van der Waals surface area (Å²) in [4.78, 5) is 43.5. The maximum atomic E-state index is 14.2. The molecule has 43 heavy (non-hydrogen) atoms. The molecular weight excluding hydrogens is 564 g/mol. The summed E-state index contributed by atoms with van der Waals surface area (Å²) in [5.74, 6) is -1.60. The fourth-order valence-corrected chi connectivity index (χ4v) is 5.42. The number of benzene rings is 3. The maximum absolute atomic E-state index is 14.2. The van der Waals surface area contributed by atoms with Crippen molar-refractivity contribution < 1.29 is 31.9 Å².